The summed E-state index contributed by atoms with van der Waals surface area (Å²) in [5.74, 6) is -0.560. The molecule has 1 heterocycles. The molecule has 0 radical (unpaired) electrons. The lowest BCUT2D eigenvalue weighted by Crippen LogP contribution is -2.54. The first-order valence-electron chi connectivity index (χ1n) is 14.2. The van der Waals surface area contributed by atoms with Crippen LogP contribution >= 0.6 is 0 Å². The van der Waals surface area contributed by atoms with Crippen molar-refractivity contribution in [1.29, 1.82) is 0 Å². The number of anilines is 1. The molecule has 0 saturated heterocycles. The number of sulfonamides is 1. The minimum Gasteiger partial charge on any atom is -0.450 e. The van der Waals surface area contributed by atoms with E-state index in [1.54, 1.807) is 13.8 Å². The molecule has 2 aliphatic rings. The quantitative estimate of drug-likeness (QED) is 0.342. The molecule has 4 rings (SSSR count). The second-order valence-corrected chi connectivity index (χ2v) is 13.0. The summed E-state index contributed by atoms with van der Waals surface area (Å²) in [7, 11) is -4.48. The number of alkyl halides is 6. The summed E-state index contributed by atoms with van der Waals surface area (Å²) in [6, 6.07) is 5.39. The summed E-state index contributed by atoms with van der Waals surface area (Å²) >= 11 is 0. The lowest BCUT2D eigenvalue weighted by Gasteiger charge is -2.39. The average molecular weight is 666 g/mol. The number of hydrogen-bond donors (Lipinski definition) is 3. The van der Waals surface area contributed by atoms with Crippen LogP contribution in [0.1, 0.15) is 55.7 Å². The summed E-state index contributed by atoms with van der Waals surface area (Å²) < 4.78 is 115. The van der Waals surface area contributed by atoms with Gasteiger partial charge in [0, 0.05) is 18.0 Å². The number of rotatable bonds is 8. The highest BCUT2D eigenvalue weighted by Gasteiger charge is 2.71. The van der Waals surface area contributed by atoms with E-state index < -0.39 is 63.7 Å². The van der Waals surface area contributed by atoms with Crippen LogP contribution in [0.5, 0.6) is 0 Å². The van der Waals surface area contributed by atoms with Crippen LogP contribution in [0.4, 0.5) is 36.8 Å². The van der Waals surface area contributed by atoms with E-state index in [0.717, 1.165) is 15.9 Å². The highest BCUT2D eigenvalue weighted by Crippen LogP contribution is 2.51. The van der Waals surface area contributed by atoms with E-state index in [9.17, 15) is 49.5 Å². The van der Waals surface area contributed by atoms with Crippen LogP contribution in [-0.2, 0) is 31.6 Å². The van der Waals surface area contributed by atoms with E-state index in [0.29, 0.717) is 31.4 Å². The topological polar surface area (TPSA) is 125 Å². The first-order chi connectivity index (χ1) is 20.9. The zero-order valence-electron chi connectivity index (χ0n) is 24.3. The number of nitrogens with zero attached hydrogens (tertiary/aromatic N) is 1. The summed E-state index contributed by atoms with van der Waals surface area (Å²) in [4.78, 5) is 24.9. The van der Waals surface area contributed by atoms with E-state index in [2.05, 4.69) is 10.6 Å². The normalized spacial score (nSPS) is 20.8. The van der Waals surface area contributed by atoms with Crippen LogP contribution in [-0.4, -0.2) is 62.6 Å². The molecule has 3 N–H and O–H groups in total. The number of aryl methyl sites for hydroxylation is 2. The number of fused-ring (bicyclic) bond motifs is 1. The molecule has 0 bridgehead atoms. The van der Waals surface area contributed by atoms with Crippen molar-refractivity contribution in [2.75, 3.05) is 10.9 Å². The van der Waals surface area contributed by atoms with E-state index in [1.807, 2.05) is 0 Å². The third kappa shape index (κ3) is 6.86. The number of carbonyl (C=O) groups is 2. The van der Waals surface area contributed by atoms with Gasteiger partial charge in [0.1, 0.15) is 0 Å². The van der Waals surface area contributed by atoms with Gasteiger partial charge in [-0.2, -0.15) is 26.3 Å². The molecule has 2 aromatic rings. The molecule has 9 nitrogen and oxygen atoms in total. The Balaban J connectivity index is 1.69. The predicted molar refractivity (Wildman–Crippen MR) is 150 cm³/mol. The lowest BCUT2D eigenvalue weighted by molar-refractivity contribution is -0.376. The molecule has 16 heteroatoms. The zero-order chi connectivity index (χ0) is 33.4. The minimum absolute atomic E-state index is 0.124. The Morgan fingerprint density at radius 1 is 0.956 bits per heavy atom. The highest BCUT2D eigenvalue weighted by atomic mass is 32.2. The molecule has 2 aromatic carbocycles. The molecule has 1 fully saturated rings. The van der Waals surface area contributed by atoms with Crippen LogP contribution in [0.15, 0.2) is 47.4 Å². The fourth-order valence-electron chi connectivity index (χ4n) is 5.79. The lowest BCUT2D eigenvalue weighted by atomic mass is 9.87. The SMILES string of the molecule is CCOC(=O)NC1CCCC1NC(=O)CC1CCc2cc(C(O)(C(F)(F)F)C(F)(F)F)ccc2N1S(=O)(=O)c1ccc(C)cc1. The van der Waals surface area contributed by atoms with E-state index in [1.165, 1.54) is 24.3 Å². The Kier molecular flexibility index (Phi) is 9.69. The highest BCUT2D eigenvalue weighted by molar-refractivity contribution is 7.92. The van der Waals surface area contributed by atoms with Gasteiger partial charge in [0.2, 0.25) is 5.91 Å². The summed E-state index contributed by atoms with van der Waals surface area (Å²) in [6.07, 6.45) is -11.8. The first-order valence-corrected chi connectivity index (χ1v) is 15.7. The standard InChI is InChI=1S/C29H33F6N3O6S/c1-3-44-26(40)37-23-6-4-5-22(23)36-25(39)16-20-11-9-18-15-19(27(41,28(30,31)32)29(33,34)35)10-14-24(18)38(20)45(42,43)21-12-7-17(2)8-13-21/h7-8,10,12-15,20,22-23,41H,3-6,9,11,16H2,1-2H3,(H,36,39)(H,37,40). The molecule has 0 aromatic heterocycles. The third-order valence-corrected chi connectivity index (χ3v) is 9.95. The number of halogens is 6. The molecule has 3 atom stereocenters. The summed E-state index contributed by atoms with van der Waals surface area (Å²) in [5, 5.41) is 15.4. The number of benzene rings is 2. The van der Waals surface area contributed by atoms with Crippen molar-refractivity contribution in [1.82, 2.24) is 10.6 Å². The Morgan fingerprint density at radius 3 is 2.13 bits per heavy atom. The maximum absolute atomic E-state index is 14.0. The van der Waals surface area contributed by atoms with Crippen molar-refractivity contribution in [2.45, 2.75) is 93.3 Å². The van der Waals surface area contributed by atoms with Gasteiger partial charge >= 0.3 is 18.4 Å². The van der Waals surface area contributed by atoms with Crippen molar-refractivity contribution in [3.8, 4) is 0 Å². The van der Waals surface area contributed by atoms with E-state index in [4.69, 9.17) is 4.74 Å². The molecule has 0 spiro atoms. The van der Waals surface area contributed by atoms with Crippen LogP contribution < -0.4 is 14.9 Å². The monoisotopic (exact) mass is 665 g/mol. The second-order valence-electron chi connectivity index (χ2n) is 11.1. The number of nitrogens with one attached hydrogen (secondary N) is 2. The van der Waals surface area contributed by atoms with Crippen LogP contribution in [0, 0.1) is 6.92 Å². The van der Waals surface area contributed by atoms with Crippen molar-refractivity contribution >= 4 is 27.7 Å². The Hall–Kier alpha value is -3.53. The molecule has 248 valence electrons. The van der Waals surface area contributed by atoms with Gasteiger partial charge in [0.05, 0.1) is 29.3 Å². The van der Waals surface area contributed by atoms with Crippen LogP contribution in [0.3, 0.4) is 0 Å². The number of alkyl carbamates (subject to hydrolysis) is 1. The van der Waals surface area contributed by atoms with Gasteiger partial charge in [-0.3, -0.25) is 9.10 Å². The first kappa shape index (κ1) is 34.3. The number of amides is 2. The van der Waals surface area contributed by atoms with E-state index in [-0.39, 0.29) is 42.0 Å². The van der Waals surface area contributed by atoms with Gasteiger partial charge in [-0.15, -0.1) is 0 Å². The smallest absolute Gasteiger partial charge is 0.430 e. The summed E-state index contributed by atoms with van der Waals surface area (Å²) in [6.45, 7) is 3.51. The Labute approximate surface area is 256 Å². The molecule has 1 saturated carbocycles. The Morgan fingerprint density at radius 2 is 1.56 bits per heavy atom. The second kappa shape index (κ2) is 12.7. The van der Waals surface area contributed by atoms with Gasteiger partial charge in [0.15, 0.2) is 0 Å². The van der Waals surface area contributed by atoms with Gasteiger partial charge in [-0.05, 0) is 69.7 Å². The van der Waals surface area contributed by atoms with Crippen LogP contribution in [0.2, 0.25) is 0 Å². The third-order valence-electron chi connectivity index (χ3n) is 8.07. The predicted octanol–water partition coefficient (Wildman–Crippen LogP) is 4.99. The van der Waals surface area contributed by atoms with Crippen molar-refractivity contribution < 1.29 is 54.2 Å². The number of hydrogen-bond acceptors (Lipinski definition) is 6. The molecule has 1 aliphatic heterocycles. The molecular formula is C29H33F6N3O6S. The van der Waals surface area contributed by atoms with Crippen molar-refractivity contribution in [3.63, 3.8) is 0 Å². The Bertz CT molecular complexity index is 1500. The van der Waals surface area contributed by atoms with Gasteiger partial charge in [-0.1, -0.05) is 29.8 Å². The summed E-state index contributed by atoms with van der Waals surface area (Å²) in [5.41, 5.74) is -6.36. The molecule has 3 unspecified atom stereocenters. The maximum Gasteiger partial charge on any atom is 0.430 e. The molecular weight excluding hydrogens is 632 g/mol. The molecule has 2 amide bonds. The number of carbonyl (C=O) groups excluding carboxylic acids is 2. The van der Waals surface area contributed by atoms with Gasteiger partial charge in [-0.25, -0.2) is 13.2 Å². The maximum atomic E-state index is 14.0. The molecule has 45 heavy (non-hydrogen) atoms. The van der Waals surface area contributed by atoms with Gasteiger partial charge in [0.25, 0.3) is 15.6 Å². The largest absolute Gasteiger partial charge is 0.450 e. The molecule has 1 aliphatic carbocycles. The van der Waals surface area contributed by atoms with Crippen molar-refractivity contribution in [2.24, 2.45) is 0 Å². The average Bonchev–Trinajstić information content (AvgIpc) is 3.36. The van der Waals surface area contributed by atoms with E-state index >= 15 is 0 Å². The van der Waals surface area contributed by atoms with Gasteiger partial charge < -0.3 is 20.5 Å². The fourth-order valence-corrected chi connectivity index (χ4v) is 7.51. The van der Waals surface area contributed by atoms with Crippen molar-refractivity contribution in [3.05, 3.63) is 59.2 Å². The fraction of sp³-hybridized carbons (Fsp3) is 0.517. The minimum atomic E-state index is -6.12. The number of ether oxygens (including phenoxy) is 1. The van der Waals surface area contributed by atoms with Crippen LogP contribution in [0.25, 0.3) is 0 Å². The number of aliphatic hydroxyl groups is 1. The zero-order valence-corrected chi connectivity index (χ0v) is 25.2.